The Morgan fingerprint density at radius 1 is 0.879 bits per heavy atom. The fraction of sp³-hybridized carbons (Fsp3) is 0.0400. The summed E-state index contributed by atoms with van der Waals surface area (Å²) >= 11 is 1.31. The van der Waals surface area contributed by atoms with E-state index in [1.807, 2.05) is 47.8 Å². The minimum atomic E-state index is -3.33. The number of thiazole rings is 1. The average Bonchev–Trinajstić information content (AvgIpc) is 3.26. The largest absolute Gasteiger partial charge is 0.298 e. The lowest BCUT2D eigenvalue weighted by molar-refractivity contribution is 0.102. The van der Waals surface area contributed by atoms with E-state index in [9.17, 15) is 13.2 Å². The topological polar surface area (TPSA) is 88.2 Å². The van der Waals surface area contributed by atoms with Crippen LogP contribution in [0.25, 0.3) is 11.3 Å². The molecular weight excluding hydrogens is 454 g/mol. The van der Waals surface area contributed by atoms with E-state index < -0.39 is 10.0 Å². The van der Waals surface area contributed by atoms with Gasteiger partial charge in [0.2, 0.25) is 10.0 Å². The molecule has 0 spiro atoms. The first-order valence-corrected chi connectivity index (χ1v) is 12.7. The number of rotatable bonds is 5. The molecule has 6 nitrogen and oxygen atoms in total. The summed E-state index contributed by atoms with van der Waals surface area (Å²) in [5.41, 5.74) is 4.23. The predicted octanol–water partition coefficient (Wildman–Crippen LogP) is 4.83. The standard InChI is InChI=1S/C25H19N3O3S2/c1-33(30,31)28-22-15-13-20(14-16-22)23-17-32-25(26-23)27-24(29)21-11-9-19(10-12-21)8-7-18-5-3-2-4-6-18/h2-6,9-17,28H,1H3,(H,26,27,29). The fourth-order valence-electron chi connectivity index (χ4n) is 2.93. The summed E-state index contributed by atoms with van der Waals surface area (Å²) in [6, 6.07) is 23.6. The molecule has 164 valence electrons. The van der Waals surface area contributed by atoms with E-state index in [0.717, 1.165) is 22.9 Å². The first-order chi connectivity index (χ1) is 15.9. The van der Waals surface area contributed by atoms with Crippen LogP contribution in [0.1, 0.15) is 21.5 Å². The monoisotopic (exact) mass is 473 g/mol. The fourth-order valence-corrected chi connectivity index (χ4v) is 4.21. The van der Waals surface area contributed by atoms with Crippen LogP contribution in [0.2, 0.25) is 0 Å². The number of benzene rings is 3. The molecule has 0 saturated heterocycles. The molecule has 0 aliphatic heterocycles. The Bertz CT molecular complexity index is 1430. The van der Waals surface area contributed by atoms with Crippen molar-refractivity contribution in [1.29, 1.82) is 0 Å². The molecule has 8 heteroatoms. The van der Waals surface area contributed by atoms with Crippen LogP contribution >= 0.6 is 11.3 Å². The van der Waals surface area contributed by atoms with E-state index in [-0.39, 0.29) is 5.91 Å². The highest BCUT2D eigenvalue weighted by atomic mass is 32.2. The van der Waals surface area contributed by atoms with Gasteiger partial charge in [-0.3, -0.25) is 14.8 Å². The summed E-state index contributed by atoms with van der Waals surface area (Å²) in [6.07, 6.45) is 1.10. The lowest BCUT2D eigenvalue weighted by atomic mass is 10.1. The molecule has 0 bridgehead atoms. The van der Waals surface area contributed by atoms with Crippen molar-refractivity contribution >= 4 is 38.1 Å². The molecule has 3 aromatic carbocycles. The molecule has 0 aliphatic carbocycles. The normalized spacial score (nSPS) is 10.7. The molecule has 0 radical (unpaired) electrons. The highest BCUT2D eigenvalue weighted by Crippen LogP contribution is 2.26. The van der Waals surface area contributed by atoms with Crippen LogP contribution in [0.5, 0.6) is 0 Å². The van der Waals surface area contributed by atoms with Gasteiger partial charge in [0.15, 0.2) is 5.13 Å². The van der Waals surface area contributed by atoms with Gasteiger partial charge in [-0.15, -0.1) is 11.3 Å². The Morgan fingerprint density at radius 2 is 1.52 bits per heavy atom. The zero-order valence-electron chi connectivity index (χ0n) is 17.6. The van der Waals surface area contributed by atoms with Gasteiger partial charge in [-0.05, 0) is 48.5 Å². The van der Waals surface area contributed by atoms with E-state index in [4.69, 9.17) is 0 Å². The van der Waals surface area contributed by atoms with Crippen molar-refractivity contribution in [1.82, 2.24) is 4.98 Å². The summed E-state index contributed by atoms with van der Waals surface area (Å²) in [6.45, 7) is 0. The van der Waals surface area contributed by atoms with Crippen molar-refractivity contribution in [2.45, 2.75) is 0 Å². The van der Waals surface area contributed by atoms with Gasteiger partial charge in [-0.2, -0.15) is 0 Å². The van der Waals surface area contributed by atoms with Crippen molar-refractivity contribution in [3.05, 3.63) is 101 Å². The molecule has 1 amide bonds. The molecule has 1 aromatic heterocycles. The number of carbonyl (C=O) groups is 1. The van der Waals surface area contributed by atoms with Gasteiger partial charge in [-0.1, -0.05) is 42.2 Å². The van der Waals surface area contributed by atoms with E-state index in [1.54, 1.807) is 36.4 Å². The number of sulfonamides is 1. The van der Waals surface area contributed by atoms with Crippen molar-refractivity contribution in [2.75, 3.05) is 16.3 Å². The quantitative estimate of drug-likeness (QED) is 0.406. The highest BCUT2D eigenvalue weighted by molar-refractivity contribution is 7.92. The molecule has 4 rings (SSSR count). The number of nitrogens with zero attached hydrogens (tertiary/aromatic N) is 1. The van der Waals surface area contributed by atoms with E-state index in [2.05, 4.69) is 26.9 Å². The third-order valence-corrected chi connectivity index (χ3v) is 5.84. The summed E-state index contributed by atoms with van der Waals surface area (Å²) in [4.78, 5) is 17.0. The Morgan fingerprint density at radius 3 is 2.15 bits per heavy atom. The average molecular weight is 474 g/mol. The van der Waals surface area contributed by atoms with Crippen molar-refractivity contribution < 1.29 is 13.2 Å². The van der Waals surface area contributed by atoms with Gasteiger partial charge in [0.1, 0.15) is 0 Å². The molecule has 0 fully saturated rings. The summed E-state index contributed by atoms with van der Waals surface area (Å²) in [7, 11) is -3.33. The first-order valence-electron chi connectivity index (χ1n) is 9.88. The second-order valence-corrected chi connectivity index (χ2v) is 9.74. The Hall–Kier alpha value is -3.93. The van der Waals surface area contributed by atoms with Crippen LogP contribution < -0.4 is 10.0 Å². The lowest BCUT2D eigenvalue weighted by Gasteiger charge is -2.04. The smallest absolute Gasteiger partial charge is 0.257 e. The van der Waals surface area contributed by atoms with Gasteiger partial charge >= 0.3 is 0 Å². The molecule has 4 aromatic rings. The van der Waals surface area contributed by atoms with Gasteiger partial charge < -0.3 is 0 Å². The zero-order valence-corrected chi connectivity index (χ0v) is 19.2. The van der Waals surface area contributed by atoms with Crippen LogP contribution in [0, 0.1) is 11.8 Å². The summed E-state index contributed by atoms with van der Waals surface area (Å²) in [5, 5.41) is 5.11. The number of anilines is 2. The van der Waals surface area contributed by atoms with Crippen LogP contribution in [-0.2, 0) is 10.0 Å². The van der Waals surface area contributed by atoms with E-state index in [0.29, 0.717) is 22.1 Å². The molecule has 1 heterocycles. The zero-order chi connectivity index (χ0) is 23.3. The number of nitrogens with one attached hydrogen (secondary N) is 2. The second-order valence-electron chi connectivity index (χ2n) is 7.14. The van der Waals surface area contributed by atoms with E-state index in [1.165, 1.54) is 11.3 Å². The predicted molar refractivity (Wildman–Crippen MR) is 133 cm³/mol. The van der Waals surface area contributed by atoms with Gasteiger partial charge in [0.25, 0.3) is 5.91 Å². The van der Waals surface area contributed by atoms with Crippen LogP contribution in [0.15, 0.2) is 84.2 Å². The third-order valence-electron chi connectivity index (χ3n) is 4.48. The maximum Gasteiger partial charge on any atom is 0.257 e. The molecule has 0 saturated carbocycles. The number of hydrogen-bond acceptors (Lipinski definition) is 5. The number of carbonyl (C=O) groups excluding carboxylic acids is 1. The van der Waals surface area contributed by atoms with Gasteiger partial charge in [-0.25, -0.2) is 13.4 Å². The number of hydrogen-bond donors (Lipinski definition) is 2. The van der Waals surface area contributed by atoms with Crippen molar-refractivity contribution in [3.63, 3.8) is 0 Å². The van der Waals surface area contributed by atoms with E-state index >= 15 is 0 Å². The van der Waals surface area contributed by atoms with Crippen molar-refractivity contribution in [2.24, 2.45) is 0 Å². The number of amides is 1. The highest BCUT2D eigenvalue weighted by Gasteiger charge is 2.10. The maximum absolute atomic E-state index is 12.6. The minimum Gasteiger partial charge on any atom is -0.298 e. The number of aromatic nitrogens is 1. The summed E-state index contributed by atoms with van der Waals surface area (Å²) < 4.78 is 25.1. The van der Waals surface area contributed by atoms with Gasteiger partial charge in [0.05, 0.1) is 11.9 Å². The SMILES string of the molecule is CS(=O)(=O)Nc1ccc(-c2csc(NC(=O)c3ccc(C#Cc4ccccc4)cc3)n2)cc1. The Kier molecular flexibility index (Phi) is 6.54. The van der Waals surface area contributed by atoms with Crippen LogP contribution in [0.4, 0.5) is 10.8 Å². The third kappa shape index (κ3) is 6.29. The molecule has 0 aliphatic rings. The molecule has 0 atom stereocenters. The maximum atomic E-state index is 12.6. The molecular formula is C25H19N3O3S2. The van der Waals surface area contributed by atoms with Gasteiger partial charge in [0, 0.05) is 33.3 Å². The summed E-state index contributed by atoms with van der Waals surface area (Å²) in [5.74, 6) is 5.92. The first kappa shape index (κ1) is 22.3. The second kappa shape index (κ2) is 9.69. The van der Waals surface area contributed by atoms with Crippen LogP contribution in [-0.4, -0.2) is 25.6 Å². The Balaban J connectivity index is 1.40. The lowest BCUT2D eigenvalue weighted by Crippen LogP contribution is -2.11. The van der Waals surface area contributed by atoms with Crippen molar-refractivity contribution in [3.8, 4) is 23.1 Å². The molecule has 2 N–H and O–H groups in total. The van der Waals surface area contributed by atoms with Crippen LogP contribution in [0.3, 0.4) is 0 Å². The minimum absolute atomic E-state index is 0.258. The Labute approximate surface area is 196 Å². The molecule has 0 unspecified atom stereocenters. The molecule has 33 heavy (non-hydrogen) atoms.